The molecule has 0 spiro atoms. The van der Waals surface area contributed by atoms with Crippen molar-refractivity contribution in [2.45, 2.75) is 31.7 Å². The Morgan fingerprint density at radius 1 is 1.23 bits per heavy atom. The van der Waals surface area contributed by atoms with Gasteiger partial charge in [-0.1, -0.05) is 12.1 Å². The standard InChI is InChI=1S/C22H29N5O3/c1-17(28)25-16-22(19-9-13-24-14-10-19,20-4-2-3-5-21(20)27(29)30)26-15-8-18-6-11-23-12-7-18/h2-5,9-10,13-14,18,23,26H,6-8,11-12,15-16H2,1H3,(H,25,28). The van der Waals surface area contributed by atoms with E-state index in [0.717, 1.165) is 37.9 Å². The molecule has 3 rings (SSSR count). The first-order chi connectivity index (χ1) is 14.5. The number of carbonyl (C=O) groups is 1. The highest BCUT2D eigenvalue weighted by atomic mass is 16.6. The van der Waals surface area contributed by atoms with Crippen LogP contribution in [-0.2, 0) is 10.3 Å². The van der Waals surface area contributed by atoms with E-state index < -0.39 is 5.54 Å². The summed E-state index contributed by atoms with van der Waals surface area (Å²) in [7, 11) is 0. The van der Waals surface area contributed by atoms with Crippen molar-refractivity contribution in [2.24, 2.45) is 5.92 Å². The van der Waals surface area contributed by atoms with E-state index in [9.17, 15) is 14.9 Å². The molecule has 160 valence electrons. The van der Waals surface area contributed by atoms with Crippen molar-refractivity contribution < 1.29 is 9.72 Å². The van der Waals surface area contributed by atoms with E-state index in [0.29, 0.717) is 18.0 Å². The van der Waals surface area contributed by atoms with Crippen molar-refractivity contribution in [1.82, 2.24) is 20.9 Å². The van der Waals surface area contributed by atoms with Crippen LogP contribution in [0.1, 0.15) is 37.3 Å². The summed E-state index contributed by atoms with van der Waals surface area (Å²) < 4.78 is 0. The molecule has 2 heterocycles. The Balaban J connectivity index is 2.00. The number of nitrogens with one attached hydrogen (secondary N) is 3. The number of nitro benzene ring substituents is 1. The molecule has 30 heavy (non-hydrogen) atoms. The van der Waals surface area contributed by atoms with Gasteiger partial charge in [-0.25, -0.2) is 0 Å². The summed E-state index contributed by atoms with van der Waals surface area (Å²) in [5, 5.41) is 21.7. The van der Waals surface area contributed by atoms with Crippen LogP contribution in [0.25, 0.3) is 0 Å². The predicted octanol–water partition coefficient (Wildman–Crippen LogP) is 2.35. The lowest BCUT2D eigenvalue weighted by molar-refractivity contribution is -0.386. The lowest BCUT2D eigenvalue weighted by atomic mass is 9.81. The fourth-order valence-corrected chi connectivity index (χ4v) is 4.16. The summed E-state index contributed by atoms with van der Waals surface area (Å²) >= 11 is 0. The van der Waals surface area contributed by atoms with Crippen molar-refractivity contribution in [3.05, 3.63) is 70.0 Å². The zero-order valence-corrected chi connectivity index (χ0v) is 17.3. The molecule has 1 aliphatic rings. The molecule has 2 aromatic rings. The van der Waals surface area contributed by atoms with Crippen molar-refractivity contribution in [3.63, 3.8) is 0 Å². The van der Waals surface area contributed by atoms with Crippen molar-refractivity contribution in [3.8, 4) is 0 Å². The number of aromatic nitrogens is 1. The first kappa shape index (κ1) is 21.9. The molecule has 8 nitrogen and oxygen atoms in total. The fraction of sp³-hybridized carbons (Fsp3) is 0.455. The van der Waals surface area contributed by atoms with E-state index in [1.54, 1.807) is 30.6 Å². The summed E-state index contributed by atoms with van der Waals surface area (Å²) in [6, 6.07) is 10.4. The van der Waals surface area contributed by atoms with Gasteiger partial charge in [0.25, 0.3) is 5.69 Å². The Bertz CT molecular complexity index is 855. The highest BCUT2D eigenvalue weighted by molar-refractivity contribution is 5.73. The smallest absolute Gasteiger partial charge is 0.274 e. The van der Waals surface area contributed by atoms with Crippen molar-refractivity contribution in [1.29, 1.82) is 0 Å². The zero-order valence-electron chi connectivity index (χ0n) is 17.3. The molecule has 1 unspecified atom stereocenters. The van der Waals surface area contributed by atoms with Crippen LogP contribution in [0.15, 0.2) is 48.8 Å². The summed E-state index contributed by atoms with van der Waals surface area (Å²) in [6.45, 7) is 4.38. The molecule has 1 aromatic carbocycles. The molecule has 1 amide bonds. The highest BCUT2D eigenvalue weighted by Gasteiger charge is 2.39. The molecule has 1 atom stereocenters. The zero-order chi connectivity index (χ0) is 21.4. The van der Waals surface area contributed by atoms with Crippen LogP contribution in [0.5, 0.6) is 0 Å². The van der Waals surface area contributed by atoms with Gasteiger partial charge in [0.1, 0.15) is 0 Å². The second kappa shape index (κ2) is 10.3. The van der Waals surface area contributed by atoms with Gasteiger partial charge in [0.15, 0.2) is 0 Å². The third-order valence-electron chi connectivity index (χ3n) is 5.77. The first-order valence-corrected chi connectivity index (χ1v) is 10.4. The van der Waals surface area contributed by atoms with Crippen molar-refractivity contribution >= 4 is 11.6 Å². The normalized spacial score (nSPS) is 16.6. The highest BCUT2D eigenvalue weighted by Crippen LogP contribution is 2.35. The summed E-state index contributed by atoms with van der Waals surface area (Å²) in [4.78, 5) is 27.4. The van der Waals surface area contributed by atoms with Crippen LogP contribution >= 0.6 is 0 Å². The third kappa shape index (κ3) is 5.20. The lowest BCUT2D eigenvalue weighted by Gasteiger charge is -2.36. The molecule has 1 aromatic heterocycles. The van der Waals surface area contributed by atoms with Gasteiger partial charge in [0, 0.05) is 31.9 Å². The molecule has 3 N–H and O–H groups in total. The Morgan fingerprint density at radius 3 is 2.60 bits per heavy atom. The van der Waals surface area contributed by atoms with Gasteiger partial charge in [0.05, 0.1) is 16.0 Å². The van der Waals surface area contributed by atoms with E-state index in [1.807, 2.05) is 12.1 Å². The van der Waals surface area contributed by atoms with Gasteiger partial charge in [-0.3, -0.25) is 19.9 Å². The van der Waals surface area contributed by atoms with Gasteiger partial charge in [-0.05, 0) is 68.6 Å². The predicted molar refractivity (Wildman–Crippen MR) is 115 cm³/mol. The van der Waals surface area contributed by atoms with Gasteiger partial charge >= 0.3 is 0 Å². The number of para-hydroxylation sites is 1. The number of pyridine rings is 1. The second-order valence-corrected chi connectivity index (χ2v) is 7.73. The molecule has 0 aliphatic carbocycles. The van der Waals surface area contributed by atoms with Gasteiger partial charge in [-0.15, -0.1) is 0 Å². The Labute approximate surface area is 176 Å². The van der Waals surface area contributed by atoms with Crippen LogP contribution in [-0.4, -0.2) is 42.0 Å². The van der Waals surface area contributed by atoms with E-state index in [-0.39, 0.29) is 23.1 Å². The maximum absolute atomic E-state index is 11.8. The average molecular weight is 412 g/mol. The number of hydrogen-bond acceptors (Lipinski definition) is 6. The van der Waals surface area contributed by atoms with Crippen LogP contribution in [0.4, 0.5) is 5.69 Å². The molecular weight excluding hydrogens is 382 g/mol. The Morgan fingerprint density at radius 2 is 1.93 bits per heavy atom. The molecule has 0 bridgehead atoms. The number of nitro groups is 1. The third-order valence-corrected chi connectivity index (χ3v) is 5.77. The summed E-state index contributed by atoms with van der Waals surface area (Å²) in [6.07, 6.45) is 6.56. The quantitative estimate of drug-likeness (QED) is 0.432. The maximum atomic E-state index is 11.8. The minimum atomic E-state index is -0.939. The van der Waals surface area contributed by atoms with Gasteiger partial charge in [-0.2, -0.15) is 0 Å². The fourth-order valence-electron chi connectivity index (χ4n) is 4.16. The lowest BCUT2D eigenvalue weighted by Crippen LogP contribution is -2.52. The molecular formula is C22H29N5O3. The van der Waals surface area contributed by atoms with Crippen LogP contribution in [0.3, 0.4) is 0 Å². The first-order valence-electron chi connectivity index (χ1n) is 10.4. The van der Waals surface area contributed by atoms with E-state index in [1.165, 1.54) is 13.0 Å². The van der Waals surface area contributed by atoms with E-state index in [4.69, 9.17) is 0 Å². The Kier molecular flexibility index (Phi) is 7.48. The molecule has 0 radical (unpaired) electrons. The van der Waals surface area contributed by atoms with Crippen LogP contribution in [0.2, 0.25) is 0 Å². The van der Waals surface area contributed by atoms with Crippen LogP contribution < -0.4 is 16.0 Å². The molecule has 0 saturated carbocycles. The number of rotatable bonds is 9. The molecule has 8 heteroatoms. The molecule has 1 aliphatic heterocycles. The largest absolute Gasteiger partial charge is 0.354 e. The minimum Gasteiger partial charge on any atom is -0.354 e. The number of piperidine rings is 1. The SMILES string of the molecule is CC(=O)NCC(NCCC1CCNCC1)(c1ccncc1)c1ccccc1[N+](=O)[O-]. The topological polar surface area (TPSA) is 109 Å². The van der Waals surface area contributed by atoms with Crippen LogP contribution in [0, 0.1) is 16.0 Å². The number of hydrogen-bond donors (Lipinski definition) is 3. The number of nitrogens with zero attached hydrogens (tertiary/aromatic N) is 2. The molecule has 1 fully saturated rings. The van der Waals surface area contributed by atoms with Gasteiger partial charge in [0.2, 0.25) is 5.91 Å². The van der Waals surface area contributed by atoms with Gasteiger partial charge < -0.3 is 16.0 Å². The van der Waals surface area contributed by atoms with Crippen molar-refractivity contribution in [2.75, 3.05) is 26.2 Å². The second-order valence-electron chi connectivity index (χ2n) is 7.73. The van der Waals surface area contributed by atoms with E-state index >= 15 is 0 Å². The van der Waals surface area contributed by atoms with E-state index in [2.05, 4.69) is 20.9 Å². The summed E-state index contributed by atoms with van der Waals surface area (Å²) in [5.74, 6) is 0.424. The summed E-state index contributed by atoms with van der Waals surface area (Å²) in [5.41, 5.74) is 0.436. The molecule has 1 saturated heterocycles. The maximum Gasteiger partial charge on any atom is 0.274 e. The monoisotopic (exact) mass is 411 g/mol. The number of carbonyl (C=O) groups excluding carboxylic acids is 1. The average Bonchev–Trinajstić information content (AvgIpc) is 2.77. The minimum absolute atomic E-state index is 0.0223. The number of amides is 1. The number of benzene rings is 1. The Hall–Kier alpha value is -2.84.